The van der Waals surface area contributed by atoms with E-state index in [1.807, 2.05) is 9.58 Å². The zero-order valence-electron chi connectivity index (χ0n) is 15.3. The number of nitrogens with one attached hydrogen (secondary N) is 1. The molecule has 3 rings (SSSR count). The van der Waals surface area contributed by atoms with Crippen molar-refractivity contribution < 1.29 is 4.79 Å². The summed E-state index contributed by atoms with van der Waals surface area (Å²) in [6.45, 7) is 8.75. The van der Waals surface area contributed by atoms with Gasteiger partial charge in [-0.15, -0.1) is 0 Å². The quantitative estimate of drug-likeness (QED) is 0.929. The Morgan fingerprint density at radius 2 is 2.08 bits per heavy atom. The predicted molar refractivity (Wildman–Crippen MR) is 97.2 cm³/mol. The van der Waals surface area contributed by atoms with Crippen LogP contribution in [0.25, 0.3) is 0 Å². The normalized spacial score (nSPS) is 16.7. The Hall–Kier alpha value is -2.37. The summed E-state index contributed by atoms with van der Waals surface area (Å²) in [5.41, 5.74) is 3.70. The number of hydrogen-bond donors (Lipinski definition) is 1. The fourth-order valence-electron chi connectivity index (χ4n) is 3.51. The SMILES string of the molecule is Cc1cccc(C(C)NC(=O)N2CCC(Cn3cncn3)CC2)c1C. The van der Waals surface area contributed by atoms with Gasteiger partial charge >= 0.3 is 6.03 Å². The van der Waals surface area contributed by atoms with Crippen LogP contribution in [0.15, 0.2) is 30.9 Å². The van der Waals surface area contributed by atoms with Gasteiger partial charge in [0.15, 0.2) is 0 Å². The standard InChI is InChI=1S/C19H27N5O/c1-14-5-4-6-18(15(14)2)16(3)22-19(25)23-9-7-17(8-10-23)11-24-13-20-12-21-24/h4-6,12-13,16-17H,7-11H2,1-3H3,(H,22,25). The summed E-state index contributed by atoms with van der Waals surface area (Å²) in [5, 5.41) is 7.32. The van der Waals surface area contributed by atoms with Crippen molar-refractivity contribution in [2.75, 3.05) is 13.1 Å². The lowest BCUT2D eigenvalue weighted by molar-refractivity contribution is 0.161. The van der Waals surface area contributed by atoms with E-state index in [9.17, 15) is 4.79 Å². The smallest absolute Gasteiger partial charge is 0.317 e. The second-order valence-corrected chi connectivity index (χ2v) is 7.01. The second-order valence-electron chi connectivity index (χ2n) is 7.01. The molecule has 1 aromatic heterocycles. The van der Waals surface area contributed by atoms with Crippen LogP contribution < -0.4 is 5.32 Å². The summed E-state index contributed by atoms with van der Waals surface area (Å²) in [6, 6.07) is 6.30. The van der Waals surface area contributed by atoms with E-state index in [0.29, 0.717) is 5.92 Å². The van der Waals surface area contributed by atoms with E-state index in [2.05, 4.69) is 54.4 Å². The molecule has 2 heterocycles. The van der Waals surface area contributed by atoms with E-state index in [4.69, 9.17) is 0 Å². The van der Waals surface area contributed by atoms with Gasteiger partial charge in [-0.2, -0.15) is 5.10 Å². The van der Waals surface area contributed by atoms with Gasteiger partial charge in [0.05, 0.1) is 6.04 Å². The maximum Gasteiger partial charge on any atom is 0.317 e. The van der Waals surface area contributed by atoms with Gasteiger partial charge in [0.25, 0.3) is 0 Å². The molecule has 0 saturated carbocycles. The first kappa shape index (κ1) is 17.5. The Morgan fingerprint density at radius 1 is 1.32 bits per heavy atom. The van der Waals surface area contributed by atoms with Crippen LogP contribution in [0.2, 0.25) is 0 Å². The largest absolute Gasteiger partial charge is 0.331 e. The highest BCUT2D eigenvalue weighted by Gasteiger charge is 2.24. The Balaban J connectivity index is 1.51. The van der Waals surface area contributed by atoms with E-state index in [1.165, 1.54) is 16.7 Å². The minimum Gasteiger partial charge on any atom is -0.331 e. The van der Waals surface area contributed by atoms with E-state index >= 15 is 0 Å². The monoisotopic (exact) mass is 341 g/mol. The summed E-state index contributed by atoms with van der Waals surface area (Å²) < 4.78 is 1.88. The molecule has 1 saturated heterocycles. The van der Waals surface area contributed by atoms with E-state index in [-0.39, 0.29) is 12.1 Å². The minimum absolute atomic E-state index is 0.0141. The zero-order chi connectivity index (χ0) is 17.8. The molecule has 0 aliphatic carbocycles. The average Bonchev–Trinajstić information content (AvgIpc) is 3.11. The molecule has 2 amide bonds. The number of urea groups is 1. The highest BCUT2D eigenvalue weighted by molar-refractivity contribution is 5.74. The van der Waals surface area contributed by atoms with Crippen molar-refractivity contribution in [3.05, 3.63) is 47.5 Å². The van der Waals surface area contributed by atoms with E-state index in [1.54, 1.807) is 12.7 Å². The van der Waals surface area contributed by atoms with Crippen molar-refractivity contribution in [1.82, 2.24) is 25.0 Å². The van der Waals surface area contributed by atoms with Crippen LogP contribution in [0.4, 0.5) is 4.79 Å². The van der Waals surface area contributed by atoms with Gasteiger partial charge in [0.2, 0.25) is 0 Å². The molecular formula is C19H27N5O. The molecule has 1 unspecified atom stereocenters. The van der Waals surface area contributed by atoms with Gasteiger partial charge in [-0.3, -0.25) is 4.68 Å². The Morgan fingerprint density at radius 3 is 2.76 bits per heavy atom. The molecule has 0 bridgehead atoms. The molecule has 6 nitrogen and oxygen atoms in total. The molecule has 1 fully saturated rings. The van der Waals surface area contributed by atoms with Crippen molar-refractivity contribution in [3.63, 3.8) is 0 Å². The number of aryl methyl sites for hydroxylation is 1. The van der Waals surface area contributed by atoms with Crippen LogP contribution in [0, 0.1) is 19.8 Å². The van der Waals surface area contributed by atoms with Crippen molar-refractivity contribution in [2.24, 2.45) is 5.92 Å². The fourth-order valence-corrected chi connectivity index (χ4v) is 3.51. The number of benzene rings is 1. The number of aromatic nitrogens is 3. The molecular weight excluding hydrogens is 314 g/mol. The Bertz CT molecular complexity index is 705. The van der Waals surface area contributed by atoms with Crippen LogP contribution in [0.5, 0.6) is 0 Å². The van der Waals surface area contributed by atoms with Crippen molar-refractivity contribution in [1.29, 1.82) is 0 Å². The number of piperidine rings is 1. The fraction of sp³-hybridized carbons (Fsp3) is 0.526. The highest BCUT2D eigenvalue weighted by atomic mass is 16.2. The van der Waals surface area contributed by atoms with Crippen molar-refractivity contribution in [3.8, 4) is 0 Å². The molecule has 1 atom stereocenters. The van der Waals surface area contributed by atoms with Gasteiger partial charge in [0, 0.05) is 19.6 Å². The molecule has 2 aromatic rings. The molecule has 1 aliphatic rings. The predicted octanol–water partition coefficient (Wildman–Crippen LogP) is 3.08. The summed E-state index contributed by atoms with van der Waals surface area (Å²) in [6.07, 6.45) is 5.33. The van der Waals surface area contributed by atoms with Crippen molar-refractivity contribution >= 4 is 6.03 Å². The van der Waals surface area contributed by atoms with Gasteiger partial charge in [-0.1, -0.05) is 18.2 Å². The first-order chi connectivity index (χ1) is 12.0. The van der Waals surface area contributed by atoms with Gasteiger partial charge in [-0.05, 0) is 56.2 Å². The number of hydrogen-bond acceptors (Lipinski definition) is 3. The third-order valence-corrected chi connectivity index (χ3v) is 5.27. The highest BCUT2D eigenvalue weighted by Crippen LogP contribution is 2.22. The Labute approximate surface area is 149 Å². The number of carbonyl (C=O) groups excluding carboxylic acids is 1. The molecule has 0 spiro atoms. The van der Waals surface area contributed by atoms with Crippen LogP contribution in [-0.4, -0.2) is 38.8 Å². The van der Waals surface area contributed by atoms with Crippen LogP contribution in [0.3, 0.4) is 0 Å². The number of rotatable bonds is 4. The van der Waals surface area contributed by atoms with Gasteiger partial charge < -0.3 is 10.2 Å². The molecule has 1 aromatic carbocycles. The summed E-state index contributed by atoms with van der Waals surface area (Å²) in [4.78, 5) is 18.5. The van der Waals surface area contributed by atoms with Crippen LogP contribution >= 0.6 is 0 Å². The van der Waals surface area contributed by atoms with Crippen LogP contribution in [0.1, 0.15) is 42.5 Å². The Kier molecular flexibility index (Phi) is 5.36. The number of amides is 2. The summed E-state index contributed by atoms with van der Waals surface area (Å²) >= 11 is 0. The third kappa shape index (κ3) is 4.18. The lowest BCUT2D eigenvalue weighted by atomic mass is 9.97. The lowest BCUT2D eigenvalue weighted by Crippen LogP contribution is -2.45. The van der Waals surface area contributed by atoms with Gasteiger partial charge in [0.1, 0.15) is 12.7 Å². The topological polar surface area (TPSA) is 63.1 Å². The number of carbonyl (C=O) groups is 1. The third-order valence-electron chi connectivity index (χ3n) is 5.27. The maximum absolute atomic E-state index is 12.6. The van der Waals surface area contributed by atoms with Crippen molar-refractivity contribution in [2.45, 2.75) is 46.2 Å². The summed E-state index contributed by atoms with van der Waals surface area (Å²) in [7, 11) is 0. The lowest BCUT2D eigenvalue weighted by Gasteiger charge is -2.33. The van der Waals surface area contributed by atoms with Crippen LogP contribution in [-0.2, 0) is 6.54 Å². The number of nitrogens with zero attached hydrogens (tertiary/aromatic N) is 4. The average molecular weight is 341 g/mol. The molecule has 1 aliphatic heterocycles. The molecule has 25 heavy (non-hydrogen) atoms. The number of likely N-dealkylation sites (tertiary alicyclic amines) is 1. The molecule has 0 radical (unpaired) electrons. The first-order valence-electron chi connectivity index (χ1n) is 8.98. The molecule has 1 N–H and O–H groups in total. The minimum atomic E-state index is 0.0141. The van der Waals surface area contributed by atoms with E-state index < -0.39 is 0 Å². The first-order valence-corrected chi connectivity index (χ1v) is 8.98. The molecule has 134 valence electrons. The summed E-state index contributed by atoms with van der Waals surface area (Å²) in [5.74, 6) is 0.558. The second kappa shape index (κ2) is 7.68. The van der Waals surface area contributed by atoms with E-state index in [0.717, 1.165) is 32.5 Å². The zero-order valence-corrected chi connectivity index (χ0v) is 15.3. The molecule has 6 heteroatoms. The van der Waals surface area contributed by atoms with Gasteiger partial charge in [-0.25, -0.2) is 9.78 Å². The maximum atomic E-state index is 12.6.